The zero-order chi connectivity index (χ0) is 30.0. The number of anilines is 2. The molecule has 4 aromatic carbocycles. The van der Waals surface area contributed by atoms with Crippen molar-refractivity contribution in [3.8, 4) is 11.3 Å². The van der Waals surface area contributed by atoms with Crippen molar-refractivity contribution >= 4 is 43.7 Å². The van der Waals surface area contributed by atoms with Gasteiger partial charge in [-0.25, -0.2) is 0 Å². The third kappa shape index (κ3) is 5.59. The number of nitrogens with two attached hydrogens (primary N) is 1. The van der Waals surface area contributed by atoms with Crippen molar-refractivity contribution in [2.75, 3.05) is 12.0 Å². The second-order valence-corrected chi connectivity index (χ2v) is 11.5. The highest BCUT2D eigenvalue weighted by Crippen LogP contribution is 2.42. The molecule has 4 N–H and O–H groups in total. The standard InChI is InChI=1S/C35H30N4O3S/c1-39-31-13-7-5-11-29(31)34(35(39)26-9-3-2-4-10-26)33(24-15-19-27(20-16-24)37-23-36)25-17-21-28(22-18-25)38-30-12-6-8-14-32(30)43(40,41)42/h2-22,38H,23,36H2,1H3,(H,40,41,42). The van der Waals surface area contributed by atoms with Crippen LogP contribution in [0.4, 0.5) is 11.4 Å². The van der Waals surface area contributed by atoms with E-state index in [9.17, 15) is 13.0 Å². The molecule has 1 aliphatic carbocycles. The fraction of sp³-hybridized carbons (Fsp3) is 0.0571. The van der Waals surface area contributed by atoms with E-state index in [0.717, 1.165) is 50.1 Å². The molecule has 0 unspecified atom stereocenters. The monoisotopic (exact) mass is 586 g/mol. The smallest absolute Gasteiger partial charge is 0.296 e. The highest BCUT2D eigenvalue weighted by molar-refractivity contribution is 7.86. The van der Waals surface area contributed by atoms with Gasteiger partial charge in [-0.1, -0.05) is 84.9 Å². The van der Waals surface area contributed by atoms with Crippen molar-refractivity contribution in [3.63, 3.8) is 0 Å². The lowest BCUT2D eigenvalue weighted by Gasteiger charge is -2.17. The summed E-state index contributed by atoms with van der Waals surface area (Å²) in [5, 5.41) is 4.26. The minimum absolute atomic E-state index is 0.183. The molecule has 0 saturated heterocycles. The average molecular weight is 587 g/mol. The molecule has 43 heavy (non-hydrogen) atoms. The first-order chi connectivity index (χ1) is 20.8. The SMILES string of the molecule is Cn1c(-c2ccccc2)c(C(=C2C=CC(=NCN)C=C2)c2ccc(Nc3ccccc3S(=O)(=O)O)cc2)c2ccccc21. The van der Waals surface area contributed by atoms with Crippen molar-refractivity contribution in [2.24, 2.45) is 17.8 Å². The Morgan fingerprint density at radius 3 is 2.19 bits per heavy atom. The van der Waals surface area contributed by atoms with Gasteiger partial charge in [0.15, 0.2) is 0 Å². The molecule has 5 aromatic rings. The number of nitrogens with one attached hydrogen (secondary N) is 1. The van der Waals surface area contributed by atoms with Gasteiger partial charge < -0.3 is 15.6 Å². The number of aliphatic imine (C=N–C) groups is 1. The van der Waals surface area contributed by atoms with Gasteiger partial charge in [0, 0.05) is 29.2 Å². The first-order valence-electron chi connectivity index (χ1n) is 13.8. The van der Waals surface area contributed by atoms with E-state index in [1.807, 2.05) is 54.6 Å². The van der Waals surface area contributed by atoms with Crippen molar-refractivity contribution in [1.82, 2.24) is 4.57 Å². The summed E-state index contributed by atoms with van der Waals surface area (Å²) in [4.78, 5) is 4.16. The zero-order valence-corrected chi connectivity index (χ0v) is 24.3. The number of aryl methyl sites for hydroxylation is 1. The van der Waals surface area contributed by atoms with Crippen LogP contribution in [0.15, 0.2) is 143 Å². The molecule has 0 saturated carbocycles. The van der Waals surface area contributed by atoms with Crippen molar-refractivity contribution in [3.05, 3.63) is 144 Å². The number of hydrogen-bond acceptors (Lipinski definition) is 5. The normalized spacial score (nSPS) is 13.0. The van der Waals surface area contributed by atoms with Crippen LogP contribution in [-0.2, 0) is 17.2 Å². The third-order valence-corrected chi connectivity index (χ3v) is 8.36. The summed E-state index contributed by atoms with van der Waals surface area (Å²) in [6, 6.07) is 32.8. The van der Waals surface area contributed by atoms with E-state index in [-0.39, 0.29) is 11.6 Å². The third-order valence-electron chi connectivity index (χ3n) is 7.45. The Kier molecular flexibility index (Phi) is 7.65. The first kappa shape index (κ1) is 28.1. The summed E-state index contributed by atoms with van der Waals surface area (Å²) in [7, 11) is -2.30. The quantitative estimate of drug-likeness (QED) is 0.176. The molecule has 8 heteroatoms. The van der Waals surface area contributed by atoms with Crippen LogP contribution in [-0.4, -0.2) is 29.9 Å². The van der Waals surface area contributed by atoms with Gasteiger partial charge in [0.05, 0.1) is 23.8 Å². The van der Waals surface area contributed by atoms with Gasteiger partial charge in [-0.2, -0.15) is 8.42 Å². The minimum Gasteiger partial charge on any atom is -0.354 e. The molecular weight excluding hydrogens is 556 g/mol. The van der Waals surface area contributed by atoms with Crippen molar-refractivity contribution in [2.45, 2.75) is 4.90 Å². The summed E-state index contributed by atoms with van der Waals surface area (Å²) in [5.74, 6) is 0. The molecule has 0 bridgehead atoms. The molecule has 1 heterocycles. The van der Waals surface area contributed by atoms with Gasteiger partial charge >= 0.3 is 0 Å². The number of allylic oxidation sites excluding steroid dienone is 5. The topological polar surface area (TPSA) is 110 Å². The average Bonchev–Trinajstić information content (AvgIpc) is 3.31. The Morgan fingerprint density at radius 1 is 0.837 bits per heavy atom. The summed E-state index contributed by atoms with van der Waals surface area (Å²) in [6.07, 6.45) is 8.07. The molecule has 0 atom stereocenters. The second kappa shape index (κ2) is 11.7. The van der Waals surface area contributed by atoms with E-state index in [1.165, 1.54) is 6.07 Å². The highest BCUT2D eigenvalue weighted by Gasteiger charge is 2.23. The predicted molar refractivity (Wildman–Crippen MR) is 175 cm³/mol. The van der Waals surface area contributed by atoms with Gasteiger partial charge in [-0.15, -0.1) is 0 Å². The number of hydrogen-bond donors (Lipinski definition) is 3. The van der Waals surface area contributed by atoms with Gasteiger partial charge in [-0.05, 0) is 64.8 Å². The molecule has 7 nitrogen and oxygen atoms in total. The van der Waals surface area contributed by atoms with E-state index in [1.54, 1.807) is 18.2 Å². The van der Waals surface area contributed by atoms with Crippen LogP contribution in [0.3, 0.4) is 0 Å². The highest BCUT2D eigenvalue weighted by atomic mass is 32.2. The summed E-state index contributed by atoms with van der Waals surface area (Å²) >= 11 is 0. The van der Waals surface area contributed by atoms with Crippen LogP contribution in [0, 0.1) is 0 Å². The molecule has 1 aromatic heterocycles. The number of aromatic nitrogens is 1. The maximum atomic E-state index is 11.9. The predicted octanol–water partition coefficient (Wildman–Crippen LogP) is 7.12. The van der Waals surface area contributed by atoms with E-state index in [0.29, 0.717) is 11.4 Å². The number of fused-ring (bicyclic) bond motifs is 1. The number of nitrogens with zero attached hydrogens (tertiary/aromatic N) is 2. The van der Waals surface area contributed by atoms with Gasteiger partial charge in [0.1, 0.15) is 4.90 Å². The lowest BCUT2D eigenvalue weighted by Crippen LogP contribution is -2.04. The van der Waals surface area contributed by atoms with Crippen LogP contribution >= 0.6 is 0 Å². The van der Waals surface area contributed by atoms with E-state index >= 15 is 0 Å². The zero-order valence-electron chi connectivity index (χ0n) is 23.5. The second-order valence-electron chi connectivity index (χ2n) is 10.1. The van der Waals surface area contributed by atoms with Crippen LogP contribution in [0.2, 0.25) is 0 Å². The first-order valence-corrected chi connectivity index (χ1v) is 15.2. The minimum atomic E-state index is -4.39. The number of para-hydroxylation sites is 2. The van der Waals surface area contributed by atoms with Crippen molar-refractivity contribution < 1.29 is 13.0 Å². The maximum Gasteiger partial charge on any atom is 0.296 e. The summed E-state index contributed by atoms with van der Waals surface area (Å²) in [6.45, 7) is 0.215. The Morgan fingerprint density at radius 2 is 1.49 bits per heavy atom. The van der Waals surface area contributed by atoms with Gasteiger partial charge in [0.2, 0.25) is 0 Å². The van der Waals surface area contributed by atoms with E-state index in [4.69, 9.17) is 5.73 Å². The van der Waals surface area contributed by atoms with Crippen LogP contribution in [0.5, 0.6) is 0 Å². The molecule has 0 radical (unpaired) electrons. The van der Waals surface area contributed by atoms with Crippen molar-refractivity contribution in [1.29, 1.82) is 0 Å². The van der Waals surface area contributed by atoms with Gasteiger partial charge in [-0.3, -0.25) is 9.55 Å². The summed E-state index contributed by atoms with van der Waals surface area (Å²) in [5.41, 5.74) is 14.9. The molecule has 214 valence electrons. The molecule has 1 aliphatic rings. The Hall–Kier alpha value is -5.02. The summed E-state index contributed by atoms with van der Waals surface area (Å²) < 4.78 is 35.8. The van der Waals surface area contributed by atoms with E-state index in [2.05, 4.69) is 70.5 Å². The molecule has 0 fully saturated rings. The van der Waals surface area contributed by atoms with Crippen LogP contribution < -0.4 is 11.1 Å². The van der Waals surface area contributed by atoms with Crippen LogP contribution in [0.25, 0.3) is 27.7 Å². The molecule has 0 aliphatic heterocycles. The largest absolute Gasteiger partial charge is 0.354 e. The number of rotatable bonds is 7. The fourth-order valence-corrected chi connectivity index (χ4v) is 6.19. The Labute approximate surface area is 250 Å². The maximum absolute atomic E-state index is 11.9. The number of benzene rings is 4. The van der Waals surface area contributed by atoms with Gasteiger partial charge in [0.25, 0.3) is 10.1 Å². The fourth-order valence-electron chi connectivity index (χ4n) is 5.55. The molecule has 0 amide bonds. The molecule has 6 rings (SSSR count). The molecule has 0 spiro atoms. The lowest BCUT2D eigenvalue weighted by atomic mass is 9.87. The lowest BCUT2D eigenvalue weighted by molar-refractivity contribution is 0.483. The Bertz CT molecular complexity index is 2040. The molecular formula is C35H30N4O3S. The Balaban J connectivity index is 1.54. The van der Waals surface area contributed by atoms with Crippen LogP contribution in [0.1, 0.15) is 11.1 Å². The van der Waals surface area contributed by atoms with E-state index < -0.39 is 10.1 Å².